The topological polar surface area (TPSA) is 58.4 Å². The number of carboxylic acid groups (broad SMARTS) is 1. The van der Waals surface area contributed by atoms with Gasteiger partial charge in [0.25, 0.3) is 0 Å². The van der Waals surface area contributed by atoms with Crippen LogP contribution in [0.2, 0.25) is 0 Å². The zero-order valence-corrected chi connectivity index (χ0v) is 11.1. The van der Waals surface area contributed by atoms with Crippen LogP contribution in [0, 0.1) is 0 Å². The normalized spacial score (nSPS) is 18.7. The Balaban J connectivity index is 1.77. The molecule has 1 unspecified atom stereocenters. The average molecular weight is 271 g/mol. The summed E-state index contributed by atoms with van der Waals surface area (Å²) >= 11 is 0. The lowest BCUT2D eigenvalue weighted by atomic mass is 10.1. The summed E-state index contributed by atoms with van der Waals surface area (Å²) in [6.07, 6.45) is 3.70. The first-order valence-electron chi connectivity index (χ1n) is 6.71. The quantitative estimate of drug-likeness (QED) is 0.923. The molecule has 0 saturated heterocycles. The third-order valence-electron chi connectivity index (χ3n) is 3.65. The van der Waals surface area contributed by atoms with E-state index in [-0.39, 0.29) is 12.5 Å². The smallest absolute Gasteiger partial charge is 0.305 e. The van der Waals surface area contributed by atoms with Crippen molar-refractivity contribution in [3.63, 3.8) is 0 Å². The molecule has 0 radical (unpaired) electrons. The number of rotatable bonds is 4. The third-order valence-corrected chi connectivity index (χ3v) is 3.65. The molecule has 0 bridgehead atoms. The van der Waals surface area contributed by atoms with Crippen LogP contribution in [0.5, 0.6) is 0 Å². The van der Waals surface area contributed by atoms with E-state index >= 15 is 0 Å². The van der Waals surface area contributed by atoms with E-state index in [2.05, 4.69) is 22.0 Å². The largest absolute Gasteiger partial charge is 0.481 e. The Kier molecular flexibility index (Phi) is 3.52. The summed E-state index contributed by atoms with van der Waals surface area (Å²) in [5.74, 6) is -0.767. The molecule has 1 aliphatic rings. The van der Waals surface area contributed by atoms with Gasteiger partial charge in [-0.3, -0.25) is 9.69 Å². The summed E-state index contributed by atoms with van der Waals surface area (Å²) in [5.41, 5.74) is 2.33. The second kappa shape index (κ2) is 5.46. The maximum Gasteiger partial charge on any atom is 0.305 e. The van der Waals surface area contributed by atoms with Crippen LogP contribution in [0.15, 0.2) is 42.9 Å². The Labute approximate surface area is 117 Å². The van der Waals surface area contributed by atoms with Crippen LogP contribution >= 0.6 is 0 Å². The summed E-state index contributed by atoms with van der Waals surface area (Å²) in [4.78, 5) is 17.4. The first-order valence-corrected chi connectivity index (χ1v) is 6.71. The van der Waals surface area contributed by atoms with Crippen LogP contribution < -0.4 is 0 Å². The molecule has 1 aromatic heterocycles. The number of aromatic nitrogens is 2. The number of hydrogen-bond acceptors (Lipinski definition) is 3. The molecule has 1 atom stereocenters. The molecule has 20 heavy (non-hydrogen) atoms. The highest BCUT2D eigenvalue weighted by Crippen LogP contribution is 2.24. The van der Waals surface area contributed by atoms with Gasteiger partial charge < -0.3 is 9.67 Å². The fourth-order valence-electron chi connectivity index (χ4n) is 2.79. The van der Waals surface area contributed by atoms with Crippen LogP contribution in [0.4, 0.5) is 0 Å². The highest BCUT2D eigenvalue weighted by Gasteiger charge is 2.26. The maximum absolute atomic E-state index is 11.0. The monoisotopic (exact) mass is 271 g/mol. The summed E-state index contributed by atoms with van der Waals surface area (Å²) in [5, 5.41) is 9.05. The van der Waals surface area contributed by atoms with E-state index in [1.165, 1.54) is 5.56 Å². The molecule has 104 valence electrons. The fourth-order valence-corrected chi connectivity index (χ4v) is 2.79. The minimum Gasteiger partial charge on any atom is -0.481 e. The van der Waals surface area contributed by atoms with E-state index in [4.69, 9.17) is 5.11 Å². The van der Waals surface area contributed by atoms with Crippen molar-refractivity contribution in [2.24, 2.45) is 0 Å². The summed E-state index contributed by atoms with van der Waals surface area (Å²) < 4.78 is 2.00. The summed E-state index contributed by atoms with van der Waals surface area (Å²) in [6.45, 7) is 2.39. The molecule has 0 aliphatic carbocycles. The van der Waals surface area contributed by atoms with Crippen LogP contribution in [-0.4, -0.2) is 32.1 Å². The number of fused-ring (bicyclic) bond motifs is 1. The standard InChI is InChI=1S/C15H17N3O2/c19-15(20)6-13-9-17(8-12-4-2-1-3-5-12)10-14-7-16-11-18(13)14/h1-5,7,11,13H,6,8-10H2,(H,19,20). The molecule has 3 rings (SSSR count). The lowest BCUT2D eigenvalue weighted by Gasteiger charge is -2.33. The Morgan fingerprint density at radius 3 is 2.90 bits per heavy atom. The zero-order chi connectivity index (χ0) is 13.9. The molecule has 2 heterocycles. The molecule has 1 aliphatic heterocycles. The van der Waals surface area contributed by atoms with Crippen LogP contribution in [-0.2, 0) is 17.9 Å². The number of imidazole rings is 1. The maximum atomic E-state index is 11.0. The number of nitrogens with zero attached hydrogens (tertiary/aromatic N) is 3. The fraction of sp³-hybridized carbons (Fsp3) is 0.333. The third kappa shape index (κ3) is 2.72. The van der Waals surface area contributed by atoms with Gasteiger partial charge in [-0.15, -0.1) is 0 Å². The number of hydrogen-bond donors (Lipinski definition) is 1. The minimum absolute atomic E-state index is 0.0394. The first-order chi connectivity index (χ1) is 9.72. The number of benzene rings is 1. The lowest BCUT2D eigenvalue weighted by molar-refractivity contribution is -0.138. The molecule has 0 fully saturated rings. The van der Waals surface area contributed by atoms with Gasteiger partial charge in [-0.25, -0.2) is 4.98 Å². The van der Waals surface area contributed by atoms with E-state index in [0.717, 1.165) is 25.3 Å². The van der Waals surface area contributed by atoms with E-state index < -0.39 is 5.97 Å². The molecule has 1 aromatic carbocycles. The second-order valence-electron chi connectivity index (χ2n) is 5.20. The summed E-state index contributed by atoms with van der Waals surface area (Å²) in [7, 11) is 0. The molecular weight excluding hydrogens is 254 g/mol. The van der Waals surface area contributed by atoms with Gasteiger partial charge in [-0.1, -0.05) is 30.3 Å². The molecule has 2 aromatic rings. The molecular formula is C15H17N3O2. The van der Waals surface area contributed by atoms with Crippen molar-refractivity contribution in [1.82, 2.24) is 14.5 Å². The van der Waals surface area contributed by atoms with Gasteiger partial charge >= 0.3 is 5.97 Å². The van der Waals surface area contributed by atoms with E-state index in [0.29, 0.717) is 0 Å². The van der Waals surface area contributed by atoms with Crippen molar-refractivity contribution in [3.05, 3.63) is 54.1 Å². The first kappa shape index (κ1) is 12.9. The van der Waals surface area contributed by atoms with Crippen molar-refractivity contribution in [1.29, 1.82) is 0 Å². The predicted molar refractivity (Wildman–Crippen MR) is 74.1 cm³/mol. The number of carbonyl (C=O) groups is 1. The Morgan fingerprint density at radius 2 is 2.15 bits per heavy atom. The molecule has 0 saturated carbocycles. The number of carboxylic acids is 1. The van der Waals surface area contributed by atoms with Crippen LogP contribution in [0.3, 0.4) is 0 Å². The second-order valence-corrected chi connectivity index (χ2v) is 5.20. The van der Waals surface area contributed by atoms with Gasteiger partial charge in [0.15, 0.2) is 0 Å². The highest BCUT2D eigenvalue weighted by atomic mass is 16.4. The lowest BCUT2D eigenvalue weighted by Crippen LogP contribution is -2.37. The van der Waals surface area contributed by atoms with Crippen molar-refractivity contribution in [3.8, 4) is 0 Å². The molecule has 0 spiro atoms. The predicted octanol–water partition coefficient (Wildman–Crippen LogP) is 1.91. The van der Waals surface area contributed by atoms with E-state index in [9.17, 15) is 4.79 Å². The van der Waals surface area contributed by atoms with Gasteiger partial charge in [0, 0.05) is 25.8 Å². The van der Waals surface area contributed by atoms with Gasteiger partial charge in [0.05, 0.1) is 24.5 Å². The Morgan fingerprint density at radius 1 is 1.35 bits per heavy atom. The minimum atomic E-state index is -0.767. The van der Waals surface area contributed by atoms with Gasteiger partial charge in [0.1, 0.15) is 0 Å². The average Bonchev–Trinajstić information content (AvgIpc) is 2.88. The van der Waals surface area contributed by atoms with Crippen molar-refractivity contribution in [2.45, 2.75) is 25.6 Å². The SMILES string of the molecule is O=C(O)CC1CN(Cc2ccccc2)Cc2cncn21. The zero-order valence-electron chi connectivity index (χ0n) is 11.1. The van der Waals surface area contributed by atoms with Gasteiger partial charge in [-0.2, -0.15) is 0 Å². The van der Waals surface area contributed by atoms with Crippen molar-refractivity contribution >= 4 is 5.97 Å². The van der Waals surface area contributed by atoms with Gasteiger partial charge in [0.2, 0.25) is 0 Å². The molecule has 5 nitrogen and oxygen atoms in total. The van der Waals surface area contributed by atoms with Crippen LogP contribution in [0.1, 0.15) is 23.7 Å². The van der Waals surface area contributed by atoms with Crippen molar-refractivity contribution < 1.29 is 9.90 Å². The summed E-state index contributed by atoms with van der Waals surface area (Å²) in [6, 6.07) is 10.2. The van der Waals surface area contributed by atoms with Crippen LogP contribution in [0.25, 0.3) is 0 Å². The number of aliphatic carboxylic acids is 1. The van der Waals surface area contributed by atoms with E-state index in [1.54, 1.807) is 6.33 Å². The van der Waals surface area contributed by atoms with Crippen molar-refractivity contribution in [2.75, 3.05) is 6.54 Å². The molecule has 5 heteroatoms. The van der Waals surface area contributed by atoms with E-state index in [1.807, 2.05) is 29.0 Å². The highest BCUT2D eigenvalue weighted by molar-refractivity contribution is 5.67. The molecule has 1 N–H and O–H groups in total. The Bertz CT molecular complexity index is 594. The van der Waals surface area contributed by atoms with Gasteiger partial charge in [-0.05, 0) is 5.56 Å². The molecule has 0 amide bonds. The Hall–Kier alpha value is -2.14.